The van der Waals surface area contributed by atoms with Crippen LogP contribution in [0.1, 0.15) is 46.6 Å². The van der Waals surface area contributed by atoms with E-state index in [2.05, 4.69) is 55.7 Å². The first-order valence-electron chi connectivity index (χ1n) is 9.32. The average molecular weight is 356 g/mol. The number of aromatic nitrogens is 1. The lowest BCUT2D eigenvalue weighted by Gasteiger charge is -2.21. The summed E-state index contributed by atoms with van der Waals surface area (Å²) in [5.41, 5.74) is 3.82. The van der Waals surface area contributed by atoms with E-state index in [1.54, 1.807) is 0 Å². The summed E-state index contributed by atoms with van der Waals surface area (Å²) in [4.78, 5) is 4.83. The molecule has 0 unspecified atom stereocenters. The van der Waals surface area contributed by atoms with Gasteiger partial charge in [0.1, 0.15) is 5.82 Å². The molecule has 0 atom stereocenters. The molecule has 0 saturated carbocycles. The van der Waals surface area contributed by atoms with Gasteiger partial charge in [0, 0.05) is 19.2 Å². The minimum absolute atomic E-state index is 0.202. The highest BCUT2D eigenvalue weighted by Crippen LogP contribution is 2.29. The zero-order valence-electron chi connectivity index (χ0n) is 17.0. The van der Waals surface area contributed by atoms with Gasteiger partial charge in [-0.2, -0.15) is 0 Å². The predicted molar refractivity (Wildman–Crippen MR) is 112 cm³/mol. The fraction of sp³-hybridized carbons (Fsp3) is 0.500. The molecule has 4 heteroatoms. The number of hydrogen-bond donors (Lipinski definition) is 3. The molecule has 3 N–H and O–H groups in total. The van der Waals surface area contributed by atoms with Crippen molar-refractivity contribution < 1.29 is 5.11 Å². The van der Waals surface area contributed by atoms with Crippen LogP contribution >= 0.6 is 0 Å². The summed E-state index contributed by atoms with van der Waals surface area (Å²) in [6.07, 6.45) is 1.54. The number of hydrogen-bond acceptors (Lipinski definition) is 4. The second-order valence-corrected chi connectivity index (χ2v) is 8.73. The lowest BCUT2D eigenvalue weighted by molar-refractivity contribution is 0.0714. The van der Waals surface area contributed by atoms with Crippen LogP contribution in [0.15, 0.2) is 36.4 Å². The van der Waals surface area contributed by atoms with E-state index >= 15 is 0 Å². The van der Waals surface area contributed by atoms with E-state index in [0.717, 1.165) is 35.7 Å². The highest BCUT2D eigenvalue weighted by Gasteiger charge is 2.16. The van der Waals surface area contributed by atoms with Crippen LogP contribution in [0.25, 0.3) is 11.3 Å². The van der Waals surface area contributed by atoms with Crippen LogP contribution in [0.2, 0.25) is 0 Å². The number of aliphatic hydroxyl groups is 1. The first-order valence-corrected chi connectivity index (χ1v) is 9.32. The largest absolute Gasteiger partial charge is 0.390 e. The average Bonchev–Trinajstić information content (AvgIpc) is 2.57. The van der Waals surface area contributed by atoms with Gasteiger partial charge in [0.25, 0.3) is 0 Å². The normalized spacial score (nSPS) is 12.1. The van der Waals surface area contributed by atoms with Crippen LogP contribution in [0.5, 0.6) is 0 Å². The van der Waals surface area contributed by atoms with E-state index in [0.29, 0.717) is 6.42 Å². The third kappa shape index (κ3) is 6.03. The molecular formula is C22H33N3O. The molecule has 0 saturated heterocycles. The first-order chi connectivity index (χ1) is 12.1. The van der Waals surface area contributed by atoms with E-state index in [9.17, 15) is 5.11 Å². The number of nitrogens with zero attached hydrogens (tertiary/aromatic N) is 1. The van der Waals surface area contributed by atoms with E-state index < -0.39 is 5.60 Å². The molecular weight excluding hydrogens is 322 g/mol. The molecule has 2 aromatic rings. The van der Waals surface area contributed by atoms with Crippen LogP contribution in [0.3, 0.4) is 0 Å². The molecule has 0 aliphatic carbocycles. The van der Waals surface area contributed by atoms with Gasteiger partial charge in [-0.15, -0.1) is 0 Å². The van der Waals surface area contributed by atoms with Crippen molar-refractivity contribution in [3.05, 3.63) is 42.0 Å². The van der Waals surface area contributed by atoms with Gasteiger partial charge in [0.2, 0.25) is 0 Å². The maximum atomic E-state index is 10.0. The number of rotatable bonds is 7. The summed E-state index contributed by atoms with van der Waals surface area (Å²) in [5, 5.41) is 16.7. The van der Waals surface area contributed by atoms with Crippen LogP contribution in [0.4, 0.5) is 11.5 Å². The molecule has 1 heterocycles. The summed E-state index contributed by atoms with van der Waals surface area (Å²) in [7, 11) is 1.90. The van der Waals surface area contributed by atoms with Gasteiger partial charge in [0.15, 0.2) is 0 Å². The summed E-state index contributed by atoms with van der Waals surface area (Å²) < 4.78 is 0. The number of nitrogens with one attached hydrogen (secondary N) is 2. The van der Waals surface area contributed by atoms with Crippen molar-refractivity contribution in [2.45, 2.75) is 53.1 Å². The minimum Gasteiger partial charge on any atom is -0.390 e. The van der Waals surface area contributed by atoms with Crippen molar-refractivity contribution in [3.8, 4) is 11.3 Å². The van der Waals surface area contributed by atoms with Gasteiger partial charge in [0.05, 0.1) is 17.0 Å². The molecule has 2 rings (SSSR count). The highest BCUT2D eigenvalue weighted by atomic mass is 16.3. The van der Waals surface area contributed by atoms with E-state index in [1.165, 1.54) is 5.56 Å². The van der Waals surface area contributed by atoms with Crippen molar-refractivity contribution in [1.29, 1.82) is 0 Å². The monoisotopic (exact) mass is 355 g/mol. The second kappa shape index (κ2) is 8.09. The Balaban J connectivity index is 2.29. The molecule has 1 aromatic carbocycles. The SMILES string of the molecule is CNc1nc(-c2ccccc2CCC(C)(C)O)ccc1NCC(C)(C)C. The molecule has 0 radical (unpaired) electrons. The van der Waals surface area contributed by atoms with Gasteiger partial charge in [-0.3, -0.25) is 0 Å². The van der Waals surface area contributed by atoms with Crippen LogP contribution in [0, 0.1) is 5.41 Å². The lowest BCUT2D eigenvalue weighted by Crippen LogP contribution is -2.20. The van der Waals surface area contributed by atoms with Gasteiger partial charge in [-0.1, -0.05) is 45.0 Å². The van der Waals surface area contributed by atoms with Crippen LogP contribution in [-0.2, 0) is 6.42 Å². The Morgan fingerprint density at radius 1 is 1.00 bits per heavy atom. The smallest absolute Gasteiger partial charge is 0.149 e. The standard InChI is InChI=1S/C22H33N3O/c1-21(2,3)15-24-19-12-11-18(25-20(19)23-6)17-10-8-7-9-16(17)13-14-22(4,5)26/h7-12,24,26H,13-15H2,1-6H3,(H,23,25). The quantitative estimate of drug-likeness (QED) is 0.657. The fourth-order valence-electron chi connectivity index (χ4n) is 2.73. The third-order valence-corrected chi connectivity index (χ3v) is 4.24. The van der Waals surface area contributed by atoms with Gasteiger partial charge < -0.3 is 15.7 Å². The Kier molecular flexibility index (Phi) is 6.30. The summed E-state index contributed by atoms with van der Waals surface area (Å²) in [5.74, 6) is 0.851. The van der Waals surface area contributed by atoms with E-state index in [4.69, 9.17) is 4.98 Å². The minimum atomic E-state index is -0.669. The molecule has 0 aliphatic heterocycles. The Morgan fingerprint density at radius 2 is 1.69 bits per heavy atom. The third-order valence-electron chi connectivity index (χ3n) is 4.24. The zero-order chi connectivity index (χ0) is 19.4. The fourth-order valence-corrected chi connectivity index (χ4v) is 2.73. The first kappa shape index (κ1) is 20.2. The molecule has 0 aliphatic rings. The van der Waals surface area contributed by atoms with Crippen LogP contribution < -0.4 is 10.6 Å². The Labute approximate surface area is 158 Å². The lowest BCUT2D eigenvalue weighted by atomic mass is 9.94. The van der Waals surface area contributed by atoms with Gasteiger partial charge in [-0.05, 0) is 49.8 Å². The van der Waals surface area contributed by atoms with Crippen molar-refractivity contribution in [1.82, 2.24) is 4.98 Å². The van der Waals surface area contributed by atoms with Crippen molar-refractivity contribution in [2.75, 3.05) is 24.2 Å². The maximum absolute atomic E-state index is 10.0. The molecule has 26 heavy (non-hydrogen) atoms. The van der Waals surface area contributed by atoms with Crippen LogP contribution in [-0.4, -0.2) is 29.3 Å². The Morgan fingerprint density at radius 3 is 2.31 bits per heavy atom. The van der Waals surface area contributed by atoms with Crippen molar-refractivity contribution in [2.24, 2.45) is 5.41 Å². The molecule has 4 nitrogen and oxygen atoms in total. The number of pyridine rings is 1. The summed E-state index contributed by atoms with van der Waals surface area (Å²) in [6, 6.07) is 12.5. The topological polar surface area (TPSA) is 57.2 Å². The molecule has 0 amide bonds. The van der Waals surface area contributed by atoms with Crippen molar-refractivity contribution in [3.63, 3.8) is 0 Å². The van der Waals surface area contributed by atoms with E-state index in [1.807, 2.05) is 33.0 Å². The Hall–Kier alpha value is -2.07. The van der Waals surface area contributed by atoms with Gasteiger partial charge >= 0.3 is 0 Å². The zero-order valence-corrected chi connectivity index (χ0v) is 17.0. The van der Waals surface area contributed by atoms with Crippen molar-refractivity contribution >= 4 is 11.5 Å². The Bertz CT molecular complexity index is 727. The molecule has 142 valence electrons. The highest BCUT2D eigenvalue weighted by molar-refractivity contribution is 5.72. The maximum Gasteiger partial charge on any atom is 0.149 e. The predicted octanol–water partition coefficient (Wildman–Crippen LogP) is 4.95. The number of aryl methyl sites for hydroxylation is 1. The summed E-state index contributed by atoms with van der Waals surface area (Å²) >= 11 is 0. The molecule has 1 aromatic heterocycles. The number of anilines is 2. The van der Waals surface area contributed by atoms with E-state index in [-0.39, 0.29) is 5.41 Å². The number of benzene rings is 1. The summed E-state index contributed by atoms with van der Waals surface area (Å²) in [6.45, 7) is 11.2. The molecule has 0 fully saturated rings. The van der Waals surface area contributed by atoms with Gasteiger partial charge in [-0.25, -0.2) is 4.98 Å². The second-order valence-electron chi connectivity index (χ2n) is 8.73. The molecule has 0 spiro atoms. The molecule has 0 bridgehead atoms.